The molecule has 0 amide bonds. The summed E-state index contributed by atoms with van der Waals surface area (Å²) >= 11 is 0. The van der Waals surface area contributed by atoms with Crippen molar-refractivity contribution in [1.82, 2.24) is 0 Å². The number of rotatable bonds is 0. The lowest BCUT2D eigenvalue weighted by Crippen LogP contribution is -2.47. The van der Waals surface area contributed by atoms with E-state index in [4.69, 9.17) is 0 Å². The van der Waals surface area contributed by atoms with Gasteiger partial charge < -0.3 is 10.2 Å². The molecule has 120 valence electrons. The lowest BCUT2D eigenvalue weighted by atomic mass is 9.50. The summed E-state index contributed by atoms with van der Waals surface area (Å²) in [7, 11) is 0. The van der Waals surface area contributed by atoms with E-state index < -0.39 is 6.10 Å². The zero-order chi connectivity index (χ0) is 15.7. The Bertz CT molecular complexity index is 587. The van der Waals surface area contributed by atoms with Gasteiger partial charge in [-0.2, -0.15) is 0 Å². The standard InChI is InChI=1S/C20H28O2/c1-12-10-13-11-14(21)6-8-19(13,2)16-7-9-20(3)15(18(12)16)4-5-17(20)22/h6-8,11-12,14-15,17-18,21-22H,4-5,9-10H2,1-3H3/t12?,14?,15-,17?,18-,19-,20-/m0/s1. The molecule has 0 aromatic carbocycles. The van der Waals surface area contributed by atoms with Crippen LogP contribution in [-0.2, 0) is 0 Å². The molecule has 2 saturated carbocycles. The first-order chi connectivity index (χ1) is 10.4. The van der Waals surface area contributed by atoms with Crippen molar-refractivity contribution in [3.05, 3.63) is 35.5 Å². The zero-order valence-corrected chi connectivity index (χ0v) is 13.9. The highest BCUT2D eigenvalue weighted by molar-refractivity contribution is 5.45. The maximum absolute atomic E-state index is 10.5. The van der Waals surface area contributed by atoms with Gasteiger partial charge in [-0.3, -0.25) is 0 Å². The van der Waals surface area contributed by atoms with Crippen LogP contribution >= 0.6 is 0 Å². The lowest BCUT2D eigenvalue weighted by molar-refractivity contribution is 0.00542. The van der Waals surface area contributed by atoms with Gasteiger partial charge in [-0.25, -0.2) is 0 Å². The Labute approximate surface area is 133 Å². The fraction of sp³-hybridized carbons (Fsp3) is 0.700. The van der Waals surface area contributed by atoms with Gasteiger partial charge in [0.25, 0.3) is 0 Å². The third-order valence-corrected chi connectivity index (χ3v) is 7.33. The summed E-state index contributed by atoms with van der Waals surface area (Å²) in [5.74, 6) is 1.79. The minimum Gasteiger partial charge on any atom is -0.393 e. The normalized spacial score (nSPS) is 53.2. The molecule has 2 fully saturated rings. The van der Waals surface area contributed by atoms with Gasteiger partial charge in [0.15, 0.2) is 0 Å². The molecule has 4 aliphatic carbocycles. The molecule has 22 heavy (non-hydrogen) atoms. The van der Waals surface area contributed by atoms with Crippen LogP contribution in [0.5, 0.6) is 0 Å². The number of hydrogen-bond acceptors (Lipinski definition) is 2. The van der Waals surface area contributed by atoms with Gasteiger partial charge >= 0.3 is 0 Å². The first-order valence-electron chi connectivity index (χ1n) is 8.83. The second kappa shape index (κ2) is 4.58. The Balaban J connectivity index is 1.81. The summed E-state index contributed by atoms with van der Waals surface area (Å²) in [6.45, 7) is 6.98. The summed E-state index contributed by atoms with van der Waals surface area (Å²) in [5, 5.41) is 20.5. The van der Waals surface area contributed by atoms with Gasteiger partial charge in [0.05, 0.1) is 12.2 Å². The second-order valence-corrected chi connectivity index (χ2v) is 8.52. The monoisotopic (exact) mass is 300 g/mol. The molecule has 7 atom stereocenters. The third kappa shape index (κ3) is 1.74. The third-order valence-electron chi connectivity index (χ3n) is 7.33. The summed E-state index contributed by atoms with van der Waals surface area (Å²) in [4.78, 5) is 0. The second-order valence-electron chi connectivity index (χ2n) is 8.52. The Morgan fingerprint density at radius 1 is 1.18 bits per heavy atom. The van der Waals surface area contributed by atoms with Crippen LogP contribution in [0.15, 0.2) is 35.5 Å². The quantitative estimate of drug-likeness (QED) is 0.671. The fourth-order valence-electron chi connectivity index (χ4n) is 5.93. The molecule has 0 saturated heterocycles. The van der Waals surface area contributed by atoms with Crippen LogP contribution in [0.4, 0.5) is 0 Å². The van der Waals surface area contributed by atoms with E-state index in [2.05, 4.69) is 39.0 Å². The van der Waals surface area contributed by atoms with E-state index in [0.717, 1.165) is 25.7 Å². The van der Waals surface area contributed by atoms with Crippen molar-refractivity contribution < 1.29 is 10.2 Å². The maximum Gasteiger partial charge on any atom is 0.0906 e. The molecule has 0 heterocycles. The van der Waals surface area contributed by atoms with Crippen molar-refractivity contribution >= 4 is 0 Å². The fourth-order valence-corrected chi connectivity index (χ4v) is 5.93. The molecule has 2 heteroatoms. The van der Waals surface area contributed by atoms with Crippen molar-refractivity contribution in [2.24, 2.45) is 28.6 Å². The average molecular weight is 300 g/mol. The molecule has 0 bridgehead atoms. The van der Waals surface area contributed by atoms with Gasteiger partial charge in [0.2, 0.25) is 0 Å². The zero-order valence-electron chi connectivity index (χ0n) is 13.9. The Hall–Kier alpha value is -0.860. The number of aliphatic hydroxyl groups excluding tert-OH is 2. The summed E-state index contributed by atoms with van der Waals surface area (Å²) < 4.78 is 0. The molecular formula is C20H28O2. The van der Waals surface area contributed by atoms with E-state index in [1.165, 1.54) is 5.57 Å². The van der Waals surface area contributed by atoms with Crippen molar-refractivity contribution in [2.45, 2.75) is 58.7 Å². The highest BCUT2D eigenvalue weighted by Gasteiger charge is 2.56. The van der Waals surface area contributed by atoms with Crippen LogP contribution in [0.25, 0.3) is 0 Å². The summed E-state index contributed by atoms with van der Waals surface area (Å²) in [6, 6.07) is 0. The van der Waals surface area contributed by atoms with E-state index >= 15 is 0 Å². The van der Waals surface area contributed by atoms with Crippen molar-refractivity contribution in [1.29, 1.82) is 0 Å². The van der Waals surface area contributed by atoms with Crippen LogP contribution in [0.2, 0.25) is 0 Å². The predicted molar refractivity (Wildman–Crippen MR) is 88.1 cm³/mol. The largest absolute Gasteiger partial charge is 0.393 e. The SMILES string of the molecule is CC1CC2=CC(O)C=C[C@]2(C)C2=CC[C@]3(C)C(O)CC[C@H]3[C@@H]21. The molecule has 0 aromatic heterocycles. The van der Waals surface area contributed by atoms with E-state index in [9.17, 15) is 10.2 Å². The molecule has 0 aliphatic heterocycles. The van der Waals surface area contributed by atoms with Crippen LogP contribution in [-0.4, -0.2) is 22.4 Å². The molecule has 0 aromatic rings. The van der Waals surface area contributed by atoms with Crippen molar-refractivity contribution in [2.75, 3.05) is 0 Å². The molecule has 4 rings (SSSR count). The minimum absolute atomic E-state index is 0.00865. The van der Waals surface area contributed by atoms with E-state index in [-0.39, 0.29) is 16.9 Å². The topological polar surface area (TPSA) is 40.5 Å². The first-order valence-corrected chi connectivity index (χ1v) is 8.83. The van der Waals surface area contributed by atoms with Crippen LogP contribution in [0, 0.1) is 28.6 Å². The van der Waals surface area contributed by atoms with Crippen LogP contribution in [0.1, 0.15) is 46.5 Å². The smallest absolute Gasteiger partial charge is 0.0906 e. The Morgan fingerprint density at radius 3 is 2.73 bits per heavy atom. The van der Waals surface area contributed by atoms with E-state index in [0.29, 0.717) is 17.8 Å². The van der Waals surface area contributed by atoms with Gasteiger partial charge in [-0.15, -0.1) is 0 Å². The first kappa shape index (κ1) is 14.7. The minimum atomic E-state index is -0.422. The Kier molecular flexibility index (Phi) is 3.06. The molecular weight excluding hydrogens is 272 g/mol. The summed E-state index contributed by atoms with van der Waals surface area (Å²) in [6.07, 6.45) is 12.3. The van der Waals surface area contributed by atoms with E-state index in [1.807, 2.05) is 6.08 Å². The lowest BCUT2D eigenvalue weighted by Gasteiger charge is -2.54. The van der Waals surface area contributed by atoms with Crippen molar-refractivity contribution in [3.63, 3.8) is 0 Å². The molecule has 4 aliphatic rings. The van der Waals surface area contributed by atoms with Gasteiger partial charge in [0.1, 0.15) is 0 Å². The van der Waals surface area contributed by atoms with Gasteiger partial charge in [-0.1, -0.05) is 49.3 Å². The average Bonchev–Trinajstić information content (AvgIpc) is 2.77. The highest BCUT2D eigenvalue weighted by Crippen LogP contribution is 2.63. The summed E-state index contributed by atoms with van der Waals surface area (Å²) in [5.41, 5.74) is 3.00. The number of aliphatic hydroxyl groups is 2. The van der Waals surface area contributed by atoms with E-state index in [1.54, 1.807) is 5.57 Å². The molecule has 2 N–H and O–H groups in total. The maximum atomic E-state index is 10.5. The predicted octanol–water partition coefficient (Wildman–Crippen LogP) is 3.61. The van der Waals surface area contributed by atoms with Crippen molar-refractivity contribution in [3.8, 4) is 0 Å². The molecule has 0 radical (unpaired) electrons. The molecule has 3 unspecified atom stereocenters. The van der Waals surface area contributed by atoms with Crippen LogP contribution < -0.4 is 0 Å². The number of fused-ring (bicyclic) bond motifs is 5. The van der Waals surface area contributed by atoms with Gasteiger partial charge in [-0.05, 0) is 50.4 Å². The Morgan fingerprint density at radius 2 is 1.95 bits per heavy atom. The van der Waals surface area contributed by atoms with Gasteiger partial charge in [0, 0.05) is 10.8 Å². The van der Waals surface area contributed by atoms with Crippen LogP contribution in [0.3, 0.4) is 0 Å². The molecule has 2 nitrogen and oxygen atoms in total. The highest BCUT2D eigenvalue weighted by atomic mass is 16.3. The molecule has 0 spiro atoms. The number of hydrogen-bond donors (Lipinski definition) is 2. The number of allylic oxidation sites excluding steroid dienone is 4.